The number of halogens is 1. The molecule has 6 nitrogen and oxygen atoms in total. The van der Waals surface area contributed by atoms with Gasteiger partial charge in [-0.2, -0.15) is 0 Å². The first kappa shape index (κ1) is 15.9. The summed E-state index contributed by atoms with van der Waals surface area (Å²) in [5.74, 6) is -1.93. The van der Waals surface area contributed by atoms with Gasteiger partial charge in [0.25, 0.3) is 5.91 Å². The molecular weight excluding hydrogens is 378 g/mol. The molecule has 2 aromatic carbocycles. The third kappa shape index (κ3) is 3.07. The fourth-order valence-electron chi connectivity index (χ4n) is 2.21. The Balaban J connectivity index is 2.01. The Bertz CT molecular complexity index is 1020. The summed E-state index contributed by atoms with van der Waals surface area (Å²) in [6.45, 7) is 0. The lowest BCUT2D eigenvalue weighted by Crippen LogP contribution is -2.21. The molecular formula is C17H10BrNO5. The van der Waals surface area contributed by atoms with Gasteiger partial charge in [0.05, 0.1) is 11.3 Å². The molecule has 120 valence electrons. The van der Waals surface area contributed by atoms with E-state index in [0.29, 0.717) is 15.4 Å². The lowest BCUT2D eigenvalue weighted by Gasteiger charge is -2.09. The van der Waals surface area contributed by atoms with E-state index in [1.54, 1.807) is 30.3 Å². The number of carboxylic acids is 1. The van der Waals surface area contributed by atoms with Crippen LogP contribution in [0.2, 0.25) is 0 Å². The Hall–Kier alpha value is -2.93. The number of rotatable bonds is 3. The van der Waals surface area contributed by atoms with E-state index < -0.39 is 17.5 Å². The molecule has 0 spiro atoms. The van der Waals surface area contributed by atoms with Gasteiger partial charge < -0.3 is 14.8 Å². The van der Waals surface area contributed by atoms with Crippen LogP contribution >= 0.6 is 15.9 Å². The Morgan fingerprint density at radius 3 is 2.54 bits per heavy atom. The monoisotopic (exact) mass is 387 g/mol. The topological polar surface area (TPSA) is 96.6 Å². The molecule has 0 atom stereocenters. The number of benzene rings is 2. The summed E-state index contributed by atoms with van der Waals surface area (Å²) < 4.78 is 5.67. The highest BCUT2D eigenvalue weighted by molar-refractivity contribution is 9.10. The van der Waals surface area contributed by atoms with E-state index >= 15 is 0 Å². The Morgan fingerprint density at radius 1 is 1.04 bits per heavy atom. The second kappa shape index (κ2) is 6.29. The van der Waals surface area contributed by atoms with E-state index in [4.69, 9.17) is 4.42 Å². The summed E-state index contributed by atoms with van der Waals surface area (Å²) in [6, 6.07) is 12.6. The van der Waals surface area contributed by atoms with Crippen LogP contribution in [-0.4, -0.2) is 17.0 Å². The SMILES string of the molecule is O=C(O)c1cc(Br)ccc1NC(=O)c1cc2ccccc2oc1=O. The fourth-order valence-corrected chi connectivity index (χ4v) is 2.57. The maximum Gasteiger partial charge on any atom is 0.349 e. The van der Waals surface area contributed by atoms with E-state index in [2.05, 4.69) is 21.2 Å². The number of aromatic carboxylic acids is 1. The van der Waals surface area contributed by atoms with Gasteiger partial charge in [0, 0.05) is 9.86 Å². The average Bonchev–Trinajstić information content (AvgIpc) is 2.55. The summed E-state index contributed by atoms with van der Waals surface area (Å²) in [5, 5.41) is 12.3. The number of amides is 1. The normalized spacial score (nSPS) is 10.5. The van der Waals surface area contributed by atoms with Gasteiger partial charge in [-0.25, -0.2) is 9.59 Å². The minimum atomic E-state index is -1.20. The molecule has 3 rings (SSSR count). The molecule has 0 aliphatic rings. The maximum absolute atomic E-state index is 12.4. The lowest BCUT2D eigenvalue weighted by molar-refractivity contribution is 0.0698. The molecule has 0 bridgehead atoms. The Labute approximate surface area is 143 Å². The van der Waals surface area contributed by atoms with Crippen molar-refractivity contribution in [3.05, 3.63) is 74.6 Å². The second-order valence-corrected chi connectivity index (χ2v) is 5.85. The smallest absolute Gasteiger partial charge is 0.349 e. The van der Waals surface area contributed by atoms with Crippen molar-refractivity contribution in [2.45, 2.75) is 0 Å². The number of anilines is 1. The number of hydrogen-bond donors (Lipinski definition) is 2. The third-order valence-electron chi connectivity index (χ3n) is 3.35. The first-order valence-corrected chi connectivity index (χ1v) is 7.62. The van der Waals surface area contributed by atoms with E-state index in [9.17, 15) is 19.5 Å². The van der Waals surface area contributed by atoms with Crippen molar-refractivity contribution >= 4 is 44.5 Å². The molecule has 0 aliphatic carbocycles. The molecule has 1 aromatic heterocycles. The van der Waals surface area contributed by atoms with Crippen LogP contribution in [0.1, 0.15) is 20.7 Å². The molecule has 0 unspecified atom stereocenters. The molecule has 1 heterocycles. The molecule has 1 amide bonds. The molecule has 0 saturated heterocycles. The van der Waals surface area contributed by atoms with Crippen LogP contribution in [0.5, 0.6) is 0 Å². The van der Waals surface area contributed by atoms with Gasteiger partial charge in [0.1, 0.15) is 11.1 Å². The van der Waals surface area contributed by atoms with Crippen LogP contribution in [0.3, 0.4) is 0 Å². The zero-order chi connectivity index (χ0) is 17.3. The van der Waals surface area contributed by atoms with Gasteiger partial charge in [-0.05, 0) is 30.3 Å². The summed E-state index contributed by atoms with van der Waals surface area (Å²) in [4.78, 5) is 35.6. The number of carbonyl (C=O) groups excluding carboxylic acids is 1. The van der Waals surface area contributed by atoms with Gasteiger partial charge in [0.15, 0.2) is 0 Å². The summed E-state index contributed by atoms with van der Waals surface area (Å²) >= 11 is 3.17. The van der Waals surface area contributed by atoms with Gasteiger partial charge in [-0.1, -0.05) is 34.1 Å². The van der Waals surface area contributed by atoms with Crippen molar-refractivity contribution in [3.8, 4) is 0 Å². The fraction of sp³-hybridized carbons (Fsp3) is 0. The van der Waals surface area contributed by atoms with Gasteiger partial charge in [-0.3, -0.25) is 4.79 Å². The van der Waals surface area contributed by atoms with Gasteiger partial charge >= 0.3 is 11.6 Å². The molecule has 24 heavy (non-hydrogen) atoms. The van der Waals surface area contributed by atoms with E-state index in [1.807, 2.05) is 0 Å². The Kier molecular flexibility index (Phi) is 4.18. The second-order valence-electron chi connectivity index (χ2n) is 4.93. The number of para-hydroxylation sites is 1. The summed E-state index contributed by atoms with van der Waals surface area (Å²) in [7, 11) is 0. The molecule has 0 aliphatic heterocycles. The highest BCUT2D eigenvalue weighted by Crippen LogP contribution is 2.22. The van der Waals surface area contributed by atoms with Crippen LogP contribution in [0.4, 0.5) is 5.69 Å². The number of carbonyl (C=O) groups is 2. The minimum absolute atomic E-state index is 0.0864. The number of hydrogen-bond acceptors (Lipinski definition) is 4. The average molecular weight is 388 g/mol. The highest BCUT2D eigenvalue weighted by atomic mass is 79.9. The van der Waals surface area contributed by atoms with Crippen LogP contribution in [0.15, 0.2) is 62.2 Å². The quantitative estimate of drug-likeness (QED) is 0.670. The van der Waals surface area contributed by atoms with E-state index in [1.165, 1.54) is 18.2 Å². The van der Waals surface area contributed by atoms with Crippen molar-refractivity contribution in [3.63, 3.8) is 0 Å². The predicted octanol–water partition coefficient (Wildman–Crippen LogP) is 3.51. The number of nitrogens with one attached hydrogen (secondary N) is 1. The van der Waals surface area contributed by atoms with Gasteiger partial charge in [0.2, 0.25) is 0 Å². The van der Waals surface area contributed by atoms with Crippen molar-refractivity contribution < 1.29 is 19.1 Å². The number of fused-ring (bicyclic) bond motifs is 1. The van der Waals surface area contributed by atoms with E-state index in [0.717, 1.165) is 0 Å². The third-order valence-corrected chi connectivity index (χ3v) is 3.84. The first-order chi connectivity index (χ1) is 11.5. The van der Waals surface area contributed by atoms with Crippen molar-refractivity contribution in [1.82, 2.24) is 0 Å². The zero-order valence-corrected chi connectivity index (χ0v) is 13.7. The van der Waals surface area contributed by atoms with Crippen molar-refractivity contribution in [2.24, 2.45) is 0 Å². The van der Waals surface area contributed by atoms with Crippen LogP contribution in [0.25, 0.3) is 11.0 Å². The Morgan fingerprint density at radius 2 is 1.79 bits per heavy atom. The van der Waals surface area contributed by atoms with Crippen LogP contribution in [-0.2, 0) is 0 Å². The van der Waals surface area contributed by atoms with Crippen LogP contribution in [0, 0.1) is 0 Å². The summed E-state index contributed by atoms with van der Waals surface area (Å²) in [6.07, 6.45) is 0. The van der Waals surface area contributed by atoms with Crippen molar-refractivity contribution in [2.75, 3.05) is 5.32 Å². The van der Waals surface area contributed by atoms with Crippen molar-refractivity contribution in [1.29, 1.82) is 0 Å². The molecule has 0 radical (unpaired) electrons. The lowest BCUT2D eigenvalue weighted by atomic mass is 10.1. The molecule has 0 saturated carbocycles. The molecule has 7 heteroatoms. The highest BCUT2D eigenvalue weighted by Gasteiger charge is 2.17. The van der Waals surface area contributed by atoms with Crippen LogP contribution < -0.4 is 10.9 Å². The molecule has 0 fully saturated rings. The van der Waals surface area contributed by atoms with E-state index in [-0.39, 0.29) is 16.8 Å². The molecule has 2 N–H and O–H groups in total. The zero-order valence-electron chi connectivity index (χ0n) is 12.1. The summed E-state index contributed by atoms with van der Waals surface area (Å²) in [5.41, 5.74) is -0.631. The van der Waals surface area contributed by atoms with Gasteiger partial charge in [-0.15, -0.1) is 0 Å². The largest absolute Gasteiger partial charge is 0.478 e. The maximum atomic E-state index is 12.4. The number of carboxylic acid groups (broad SMARTS) is 1. The first-order valence-electron chi connectivity index (χ1n) is 6.83. The molecule has 3 aromatic rings. The minimum Gasteiger partial charge on any atom is -0.478 e. The predicted molar refractivity (Wildman–Crippen MR) is 91.5 cm³/mol. The standard InChI is InChI=1S/C17H10BrNO5/c18-10-5-6-13(11(8-10)16(21)22)19-15(20)12-7-9-3-1-2-4-14(9)24-17(12)23/h1-8H,(H,19,20)(H,21,22).